The SMILES string of the molecule is CCCCC(c1cccnc1)N(C)C(=O)Nc1cccc(CN)c1. The van der Waals surface area contributed by atoms with Crippen molar-refractivity contribution < 1.29 is 4.79 Å². The van der Waals surface area contributed by atoms with Crippen LogP contribution in [0, 0.1) is 0 Å². The van der Waals surface area contributed by atoms with Crippen LogP contribution in [0.2, 0.25) is 0 Å². The van der Waals surface area contributed by atoms with Crippen molar-refractivity contribution >= 4 is 11.7 Å². The van der Waals surface area contributed by atoms with Crippen molar-refractivity contribution in [2.75, 3.05) is 12.4 Å². The summed E-state index contributed by atoms with van der Waals surface area (Å²) in [5.41, 5.74) is 8.46. The molecule has 0 spiro atoms. The highest BCUT2D eigenvalue weighted by Crippen LogP contribution is 2.25. The van der Waals surface area contributed by atoms with Crippen LogP contribution >= 0.6 is 0 Å². The maximum Gasteiger partial charge on any atom is 0.322 e. The number of carbonyl (C=O) groups excluding carboxylic acids is 1. The molecule has 0 saturated heterocycles. The first-order valence-electron chi connectivity index (χ1n) is 8.38. The van der Waals surface area contributed by atoms with E-state index >= 15 is 0 Å². The third-order valence-electron chi connectivity index (χ3n) is 4.10. The minimum Gasteiger partial charge on any atom is -0.326 e. The molecule has 1 aromatic carbocycles. The summed E-state index contributed by atoms with van der Waals surface area (Å²) in [7, 11) is 1.83. The van der Waals surface area contributed by atoms with Gasteiger partial charge in [0.1, 0.15) is 0 Å². The fraction of sp³-hybridized carbons (Fsp3) is 0.368. The van der Waals surface area contributed by atoms with Gasteiger partial charge in [-0.2, -0.15) is 0 Å². The van der Waals surface area contributed by atoms with Gasteiger partial charge in [0.15, 0.2) is 0 Å². The number of hydrogen-bond acceptors (Lipinski definition) is 3. The Kier molecular flexibility index (Phi) is 6.75. The Labute approximate surface area is 143 Å². The van der Waals surface area contributed by atoms with E-state index in [1.165, 1.54) is 0 Å². The molecule has 24 heavy (non-hydrogen) atoms. The molecule has 2 aromatic rings. The maximum atomic E-state index is 12.7. The van der Waals surface area contributed by atoms with E-state index < -0.39 is 0 Å². The Morgan fingerprint density at radius 2 is 2.17 bits per heavy atom. The Balaban J connectivity index is 2.12. The van der Waals surface area contributed by atoms with Gasteiger partial charge in [-0.25, -0.2) is 4.79 Å². The monoisotopic (exact) mass is 326 g/mol. The highest BCUT2D eigenvalue weighted by Gasteiger charge is 2.21. The zero-order chi connectivity index (χ0) is 17.4. The van der Waals surface area contributed by atoms with Crippen LogP contribution in [0.4, 0.5) is 10.5 Å². The van der Waals surface area contributed by atoms with Gasteiger partial charge in [-0.05, 0) is 35.7 Å². The molecule has 2 amide bonds. The van der Waals surface area contributed by atoms with Crippen LogP contribution in [0.1, 0.15) is 43.4 Å². The van der Waals surface area contributed by atoms with Crippen LogP contribution in [0.25, 0.3) is 0 Å². The van der Waals surface area contributed by atoms with Crippen LogP contribution in [0.3, 0.4) is 0 Å². The van der Waals surface area contributed by atoms with Gasteiger partial charge >= 0.3 is 6.03 Å². The van der Waals surface area contributed by atoms with E-state index in [0.29, 0.717) is 6.54 Å². The maximum absolute atomic E-state index is 12.7. The summed E-state index contributed by atoms with van der Waals surface area (Å²) in [6.45, 7) is 2.60. The Bertz CT molecular complexity index is 645. The van der Waals surface area contributed by atoms with Crippen molar-refractivity contribution in [1.29, 1.82) is 0 Å². The molecule has 5 heteroatoms. The van der Waals surface area contributed by atoms with Crippen LogP contribution in [0.5, 0.6) is 0 Å². The van der Waals surface area contributed by atoms with Crippen LogP contribution in [-0.4, -0.2) is 23.0 Å². The average Bonchev–Trinajstić information content (AvgIpc) is 2.63. The number of hydrogen-bond donors (Lipinski definition) is 2. The molecule has 0 radical (unpaired) electrons. The summed E-state index contributed by atoms with van der Waals surface area (Å²) in [6, 6.07) is 11.4. The highest BCUT2D eigenvalue weighted by atomic mass is 16.2. The van der Waals surface area contributed by atoms with Gasteiger partial charge in [0.2, 0.25) is 0 Å². The molecule has 0 fully saturated rings. The summed E-state index contributed by atoms with van der Waals surface area (Å²) >= 11 is 0. The molecule has 0 aliphatic rings. The lowest BCUT2D eigenvalue weighted by molar-refractivity contribution is 0.200. The molecule has 3 N–H and O–H groups in total. The highest BCUT2D eigenvalue weighted by molar-refractivity contribution is 5.89. The molecule has 1 heterocycles. The van der Waals surface area contributed by atoms with E-state index in [0.717, 1.165) is 36.1 Å². The first-order chi connectivity index (χ1) is 11.7. The van der Waals surface area contributed by atoms with Crippen molar-refractivity contribution in [3.63, 3.8) is 0 Å². The summed E-state index contributed by atoms with van der Waals surface area (Å²) in [5, 5.41) is 2.95. The van der Waals surface area contributed by atoms with Gasteiger partial charge in [-0.15, -0.1) is 0 Å². The number of anilines is 1. The fourth-order valence-electron chi connectivity index (χ4n) is 2.68. The Hall–Kier alpha value is -2.40. The number of nitrogens with zero attached hydrogens (tertiary/aromatic N) is 2. The molecule has 128 valence electrons. The second kappa shape index (κ2) is 9.03. The van der Waals surface area contributed by atoms with Crippen molar-refractivity contribution in [2.45, 2.75) is 38.8 Å². The summed E-state index contributed by atoms with van der Waals surface area (Å²) < 4.78 is 0. The Morgan fingerprint density at radius 1 is 1.33 bits per heavy atom. The first-order valence-corrected chi connectivity index (χ1v) is 8.38. The van der Waals surface area contributed by atoms with Crippen molar-refractivity contribution in [3.8, 4) is 0 Å². The van der Waals surface area contributed by atoms with E-state index in [1.54, 1.807) is 11.1 Å². The van der Waals surface area contributed by atoms with Crippen LogP contribution < -0.4 is 11.1 Å². The zero-order valence-electron chi connectivity index (χ0n) is 14.4. The lowest BCUT2D eigenvalue weighted by Gasteiger charge is -2.28. The van der Waals surface area contributed by atoms with Gasteiger partial charge < -0.3 is 16.0 Å². The zero-order valence-corrected chi connectivity index (χ0v) is 14.4. The summed E-state index contributed by atoms with van der Waals surface area (Å²) in [5.74, 6) is 0. The van der Waals surface area contributed by atoms with Gasteiger partial charge in [0.25, 0.3) is 0 Å². The number of amides is 2. The minimum atomic E-state index is -0.130. The predicted octanol–water partition coefficient (Wildman–Crippen LogP) is 3.94. The Morgan fingerprint density at radius 3 is 2.83 bits per heavy atom. The smallest absolute Gasteiger partial charge is 0.322 e. The molecule has 0 aliphatic carbocycles. The number of aromatic nitrogens is 1. The number of rotatable bonds is 7. The van der Waals surface area contributed by atoms with Gasteiger partial charge in [0, 0.05) is 31.7 Å². The van der Waals surface area contributed by atoms with Crippen molar-refractivity contribution in [1.82, 2.24) is 9.88 Å². The first kappa shape index (κ1) is 17.9. The third-order valence-corrected chi connectivity index (χ3v) is 4.10. The molecule has 1 aromatic heterocycles. The van der Waals surface area contributed by atoms with Crippen LogP contribution in [-0.2, 0) is 6.54 Å². The molecular weight excluding hydrogens is 300 g/mol. The number of pyridine rings is 1. The number of benzene rings is 1. The number of nitrogens with one attached hydrogen (secondary N) is 1. The van der Waals surface area contributed by atoms with Crippen molar-refractivity contribution in [3.05, 3.63) is 59.9 Å². The molecule has 0 aliphatic heterocycles. The van der Waals surface area contributed by atoms with E-state index in [2.05, 4.69) is 17.2 Å². The predicted molar refractivity (Wildman–Crippen MR) is 97.6 cm³/mol. The minimum absolute atomic E-state index is 0.0105. The van der Waals surface area contributed by atoms with E-state index in [1.807, 2.05) is 49.6 Å². The number of carbonyl (C=O) groups is 1. The standard InChI is InChI=1S/C19H26N4O/c1-3-4-10-18(16-8-6-11-21-14-16)23(2)19(24)22-17-9-5-7-15(12-17)13-20/h5-9,11-12,14,18H,3-4,10,13,20H2,1-2H3,(H,22,24). The van der Waals surface area contributed by atoms with E-state index in [-0.39, 0.29) is 12.1 Å². The molecule has 0 saturated carbocycles. The number of nitrogens with two attached hydrogens (primary N) is 1. The average molecular weight is 326 g/mol. The molecule has 1 unspecified atom stereocenters. The van der Waals surface area contributed by atoms with Gasteiger partial charge in [0.05, 0.1) is 6.04 Å². The number of unbranched alkanes of at least 4 members (excludes halogenated alkanes) is 1. The molecule has 5 nitrogen and oxygen atoms in total. The quantitative estimate of drug-likeness (QED) is 0.809. The fourth-order valence-corrected chi connectivity index (χ4v) is 2.68. The lowest BCUT2D eigenvalue weighted by Crippen LogP contribution is -2.35. The molecule has 2 rings (SSSR count). The van der Waals surface area contributed by atoms with Crippen LogP contribution in [0.15, 0.2) is 48.8 Å². The van der Waals surface area contributed by atoms with E-state index in [4.69, 9.17) is 5.73 Å². The third kappa shape index (κ3) is 4.80. The molecule has 0 bridgehead atoms. The van der Waals surface area contributed by atoms with Gasteiger partial charge in [-0.1, -0.05) is 38.0 Å². The summed E-state index contributed by atoms with van der Waals surface area (Å²) in [4.78, 5) is 18.6. The number of urea groups is 1. The van der Waals surface area contributed by atoms with E-state index in [9.17, 15) is 4.79 Å². The molecular formula is C19H26N4O. The second-order valence-electron chi connectivity index (χ2n) is 5.89. The second-order valence-corrected chi connectivity index (χ2v) is 5.89. The van der Waals surface area contributed by atoms with Crippen molar-refractivity contribution in [2.24, 2.45) is 5.73 Å². The molecule has 1 atom stereocenters. The topological polar surface area (TPSA) is 71.2 Å². The normalized spacial score (nSPS) is 11.8. The lowest BCUT2D eigenvalue weighted by atomic mass is 10.0. The summed E-state index contributed by atoms with van der Waals surface area (Å²) in [6.07, 6.45) is 6.64. The largest absolute Gasteiger partial charge is 0.326 e. The van der Waals surface area contributed by atoms with Gasteiger partial charge in [-0.3, -0.25) is 4.98 Å².